The Morgan fingerprint density at radius 3 is 2.60 bits per heavy atom. The van der Waals surface area contributed by atoms with Crippen LogP contribution in [0.15, 0.2) is 36.5 Å². The van der Waals surface area contributed by atoms with Gasteiger partial charge in [0.25, 0.3) is 5.91 Å². The van der Waals surface area contributed by atoms with Crippen molar-refractivity contribution in [3.8, 4) is 11.5 Å². The number of amides is 2. The fourth-order valence-electron chi connectivity index (χ4n) is 5.34. The third kappa shape index (κ3) is 11.2. The van der Waals surface area contributed by atoms with Gasteiger partial charge in [-0.1, -0.05) is 26.0 Å². The monoisotopic (exact) mass is 625 g/mol. The van der Waals surface area contributed by atoms with Crippen molar-refractivity contribution in [2.75, 3.05) is 65.5 Å². The number of carbonyl (C=O) groups excluding carboxylic acids is 3. The molecule has 0 fully saturated rings. The van der Waals surface area contributed by atoms with Crippen LogP contribution in [0, 0.1) is 11.3 Å². The van der Waals surface area contributed by atoms with Gasteiger partial charge in [0.05, 0.1) is 19.1 Å². The molecule has 0 saturated carbocycles. The number of rotatable bonds is 9. The van der Waals surface area contributed by atoms with E-state index in [0.29, 0.717) is 69.3 Å². The molecule has 2 aromatic rings. The first-order chi connectivity index (χ1) is 21.5. The largest absolute Gasteiger partial charge is 0.493 e. The molecule has 4 rings (SSSR count). The molecule has 1 aromatic heterocycles. The summed E-state index contributed by atoms with van der Waals surface area (Å²) in [6.45, 7) is 8.56. The van der Waals surface area contributed by atoms with Crippen LogP contribution in [0.25, 0.3) is 0 Å². The van der Waals surface area contributed by atoms with Crippen molar-refractivity contribution < 1.29 is 28.6 Å². The van der Waals surface area contributed by atoms with E-state index in [0.717, 1.165) is 23.4 Å². The molecular formula is C34H51N5O6. The number of carbonyl (C=O) groups is 3. The Hall–Kier alpha value is -3.86. The summed E-state index contributed by atoms with van der Waals surface area (Å²) < 4.78 is 17.0. The van der Waals surface area contributed by atoms with E-state index in [2.05, 4.69) is 34.4 Å². The van der Waals surface area contributed by atoms with Crippen LogP contribution in [0.1, 0.15) is 57.6 Å². The molecule has 2 amide bonds. The summed E-state index contributed by atoms with van der Waals surface area (Å²) in [5, 5.41) is 6.00. The number of hydrogen-bond donors (Lipinski definition) is 2. The first-order valence-corrected chi connectivity index (χ1v) is 15.9. The maximum Gasteiger partial charge on any atom is 0.314 e. The number of methoxy groups -OCH3 is 1. The molecule has 3 heterocycles. The van der Waals surface area contributed by atoms with Gasteiger partial charge in [0.2, 0.25) is 5.91 Å². The van der Waals surface area contributed by atoms with Crippen LogP contribution in [-0.2, 0) is 32.1 Å². The minimum absolute atomic E-state index is 0.113. The van der Waals surface area contributed by atoms with Gasteiger partial charge in [-0.3, -0.25) is 19.3 Å². The number of esters is 1. The topological polar surface area (TPSA) is 122 Å². The Balaban J connectivity index is 1.87. The highest BCUT2D eigenvalue weighted by Gasteiger charge is 2.40. The van der Waals surface area contributed by atoms with Gasteiger partial charge in [-0.15, -0.1) is 0 Å². The van der Waals surface area contributed by atoms with Gasteiger partial charge in [0.1, 0.15) is 5.82 Å². The number of nitrogens with one attached hydrogen (secondary N) is 2. The van der Waals surface area contributed by atoms with Crippen molar-refractivity contribution in [1.29, 1.82) is 0 Å². The van der Waals surface area contributed by atoms with Crippen molar-refractivity contribution in [3.63, 3.8) is 0 Å². The molecule has 2 aliphatic heterocycles. The molecule has 248 valence electrons. The zero-order valence-corrected chi connectivity index (χ0v) is 27.8. The lowest BCUT2D eigenvalue weighted by Crippen LogP contribution is -2.46. The quantitative estimate of drug-likeness (QED) is 0.318. The highest BCUT2D eigenvalue weighted by Crippen LogP contribution is 2.35. The maximum absolute atomic E-state index is 13.6. The second-order valence-electron chi connectivity index (χ2n) is 12.3. The number of anilines is 1. The third-order valence-corrected chi connectivity index (χ3v) is 7.96. The van der Waals surface area contributed by atoms with Crippen LogP contribution in [0.4, 0.5) is 5.82 Å². The molecule has 0 radical (unpaired) electrons. The van der Waals surface area contributed by atoms with E-state index < -0.39 is 5.41 Å². The van der Waals surface area contributed by atoms with E-state index in [1.54, 1.807) is 13.0 Å². The predicted octanol–water partition coefficient (Wildman–Crippen LogP) is 3.59. The summed E-state index contributed by atoms with van der Waals surface area (Å²) in [5.74, 6) is 1.44. The summed E-state index contributed by atoms with van der Waals surface area (Å²) in [6, 6.07) is 9.46. The second kappa shape index (κ2) is 17.6. The van der Waals surface area contributed by atoms with Crippen LogP contribution in [-0.4, -0.2) is 88.3 Å². The van der Waals surface area contributed by atoms with Crippen molar-refractivity contribution in [1.82, 2.24) is 20.5 Å². The van der Waals surface area contributed by atoms with E-state index in [1.165, 1.54) is 7.11 Å². The summed E-state index contributed by atoms with van der Waals surface area (Å²) in [4.78, 5) is 48.1. The lowest BCUT2D eigenvalue weighted by molar-refractivity contribution is -0.156. The van der Waals surface area contributed by atoms with Crippen molar-refractivity contribution in [3.05, 3.63) is 47.7 Å². The molecule has 1 aromatic carbocycles. The van der Waals surface area contributed by atoms with Gasteiger partial charge in [0.15, 0.2) is 18.1 Å². The molecule has 2 bridgehead atoms. The number of benzene rings is 1. The first kappa shape index (κ1) is 35.6. The Morgan fingerprint density at radius 1 is 1.13 bits per heavy atom. The second-order valence-corrected chi connectivity index (χ2v) is 12.3. The maximum atomic E-state index is 13.6. The standard InChI is InChI=1S/C34H51N5O6/c1-7-44-33(42)34(15-14-25(2)3)20-26-10-12-28(29(19-26)43-6)45-23-32(41)35-16-18-39(17-8-9-31(40)37-24-34)22-27-11-13-30(36-21-27)38(4)5/h10-13,19,21,25H,7-9,14-18,20,22-24H2,1-6H3,(H,35,41)(H,37,40). The summed E-state index contributed by atoms with van der Waals surface area (Å²) in [7, 11) is 5.43. The van der Waals surface area contributed by atoms with E-state index in [9.17, 15) is 14.4 Å². The molecule has 0 aliphatic carbocycles. The van der Waals surface area contributed by atoms with E-state index in [-0.39, 0.29) is 37.5 Å². The first-order valence-electron chi connectivity index (χ1n) is 15.9. The number of hydrogen-bond acceptors (Lipinski definition) is 9. The smallest absolute Gasteiger partial charge is 0.314 e. The number of nitrogens with zero attached hydrogens (tertiary/aromatic N) is 3. The molecule has 1 atom stereocenters. The van der Waals surface area contributed by atoms with E-state index >= 15 is 0 Å². The molecule has 2 aliphatic rings. The van der Waals surface area contributed by atoms with Crippen molar-refractivity contribution in [2.24, 2.45) is 11.3 Å². The average molecular weight is 626 g/mol. The third-order valence-electron chi connectivity index (χ3n) is 7.96. The van der Waals surface area contributed by atoms with Gasteiger partial charge in [-0.2, -0.15) is 0 Å². The fraction of sp³-hybridized carbons (Fsp3) is 0.588. The number of pyridine rings is 1. The Labute approximate surface area is 268 Å². The van der Waals surface area contributed by atoms with Crippen LogP contribution >= 0.6 is 0 Å². The molecule has 45 heavy (non-hydrogen) atoms. The van der Waals surface area contributed by atoms with Gasteiger partial charge in [-0.25, -0.2) is 4.98 Å². The SMILES string of the molecule is CCOC(=O)C1(CCC(C)C)CNC(=O)CCCN(Cc2ccc(N(C)C)nc2)CCNC(=O)COc2ccc(cc2OC)C1. The zero-order chi connectivity index (χ0) is 32.8. The van der Waals surface area contributed by atoms with Crippen LogP contribution < -0.4 is 25.0 Å². The van der Waals surface area contributed by atoms with Crippen LogP contribution in [0.3, 0.4) is 0 Å². The minimum Gasteiger partial charge on any atom is -0.493 e. The Bertz CT molecular complexity index is 1250. The highest BCUT2D eigenvalue weighted by atomic mass is 16.5. The molecule has 1 unspecified atom stereocenters. The van der Waals surface area contributed by atoms with Crippen molar-refractivity contribution in [2.45, 2.75) is 59.4 Å². The number of aromatic nitrogens is 1. The van der Waals surface area contributed by atoms with Crippen molar-refractivity contribution >= 4 is 23.6 Å². The minimum atomic E-state index is -0.954. The predicted molar refractivity (Wildman–Crippen MR) is 174 cm³/mol. The Kier molecular flexibility index (Phi) is 13.9. The summed E-state index contributed by atoms with van der Waals surface area (Å²) >= 11 is 0. The fourth-order valence-corrected chi connectivity index (χ4v) is 5.34. The lowest BCUT2D eigenvalue weighted by atomic mass is 9.76. The summed E-state index contributed by atoms with van der Waals surface area (Å²) in [6.07, 6.45) is 4.47. The Morgan fingerprint density at radius 2 is 1.93 bits per heavy atom. The molecule has 0 saturated heterocycles. The normalized spacial score (nSPS) is 19.0. The summed E-state index contributed by atoms with van der Waals surface area (Å²) in [5.41, 5.74) is 0.929. The highest BCUT2D eigenvalue weighted by molar-refractivity contribution is 5.80. The molecule has 11 nitrogen and oxygen atoms in total. The molecule has 0 spiro atoms. The van der Waals surface area contributed by atoms with Crippen LogP contribution in [0.5, 0.6) is 11.5 Å². The lowest BCUT2D eigenvalue weighted by Gasteiger charge is -2.33. The van der Waals surface area contributed by atoms with Gasteiger partial charge >= 0.3 is 5.97 Å². The zero-order valence-electron chi connectivity index (χ0n) is 27.8. The van der Waals surface area contributed by atoms with E-state index in [4.69, 9.17) is 14.2 Å². The van der Waals surface area contributed by atoms with Gasteiger partial charge in [0, 0.05) is 52.9 Å². The van der Waals surface area contributed by atoms with E-state index in [1.807, 2.05) is 49.5 Å². The van der Waals surface area contributed by atoms with Crippen LogP contribution in [0.2, 0.25) is 0 Å². The molecule has 11 heteroatoms. The molecular weight excluding hydrogens is 574 g/mol. The average Bonchev–Trinajstić information content (AvgIpc) is 3.01. The molecule has 2 N–H and O–H groups in total. The van der Waals surface area contributed by atoms with Gasteiger partial charge in [-0.05, 0) is 74.4 Å². The van der Waals surface area contributed by atoms with Gasteiger partial charge < -0.3 is 29.7 Å². The number of fused-ring (bicyclic) bond motifs is 16. The number of ether oxygens (including phenoxy) is 3.